The van der Waals surface area contributed by atoms with Gasteiger partial charge in [-0.25, -0.2) is 9.97 Å². The van der Waals surface area contributed by atoms with Gasteiger partial charge in [-0.1, -0.05) is 49.7 Å². The molecule has 1 aliphatic rings. The second-order valence-electron chi connectivity index (χ2n) is 5.92. The first-order chi connectivity index (χ1) is 10.7. The zero-order valence-corrected chi connectivity index (χ0v) is 13.6. The van der Waals surface area contributed by atoms with E-state index in [1.807, 2.05) is 24.3 Å². The number of hydrogen-bond acceptors (Lipinski definition) is 4. The van der Waals surface area contributed by atoms with Gasteiger partial charge in [-0.2, -0.15) is 0 Å². The minimum absolute atomic E-state index is 0.103. The first kappa shape index (κ1) is 15.3. The van der Waals surface area contributed by atoms with Gasteiger partial charge in [-0.3, -0.25) is 4.79 Å². The summed E-state index contributed by atoms with van der Waals surface area (Å²) in [6, 6.07) is 8.23. The van der Waals surface area contributed by atoms with E-state index < -0.39 is 0 Å². The van der Waals surface area contributed by atoms with Crippen LogP contribution in [-0.2, 0) is 4.79 Å². The number of para-hydroxylation sites is 1. The zero-order chi connectivity index (χ0) is 15.4. The smallest absolute Gasteiger partial charge is 0.230 e. The first-order valence-corrected chi connectivity index (χ1v) is 8.84. The Labute approximate surface area is 135 Å². The molecule has 1 aliphatic carbocycles. The Morgan fingerprint density at radius 1 is 1.27 bits per heavy atom. The van der Waals surface area contributed by atoms with Crippen molar-refractivity contribution in [3.05, 3.63) is 30.6 Å². The van der Waals surface area contributed by atoms with Crippen molar-refractivity contribution in [3.8, 4) is 0 Å². The Balaban J connectivity index is 1.60. The van der Waals surface area contributed by atoms with Crippen molar-refractivity contribution in [1.29, 1.82) is 0 Å². The Hall–Kier alpha value is -1.62. The van der Waals surface area contributed by atoms with Gasteiger partial charge in [0.2, 0.25) is 5.91 Å². The molecule has 1 N–H and O–H groups in total. The lowest BCUT2D eigenvalue weighted by Crippen LogP contribution is -2.41. The second kappa shape index (κ2) is 7.09. The predicted octanol–water partition coefficient (Wildman–Crippen LogP) is 3.42. The van der Waals surface area contributed by atoms with Crippen molar-refractivity contribution in [3.63, 3.8) is 0 Å². The molecule has 4 nitrogen and oxygen atoms in total. The van der Waals surface area contributed by atoms with Crippen LogP contribution in [0, 0.1) is 5.92 Å². The molecule has 1 aromatic carbocycles. The van der Waals surface area contributed by atoms with Gasteiger partial charge in [0.05, 0.1) is 11.3 Å². The molecule has 0 saturated heterocycles. The number of nitrogens with one attached hydrogen (secondary N) is 1. The lowest BCUT2D eigenvalue weighted by molar-refractivity contribution is -0.119. The summed E-state index contributed by atoms with van der Waals surface area (Å²) in [6.45, 7) is 2.23. The van der Waals surface area contributed by atoms with Crippen molar-refractivity contribution in [2.75, 3.05) is 5.75 Å². The van der Waals surface area contributed by atoms with Gasteiger partial charge in [-0.05, 0) is 24.8 Å². The number of fused-ring (bicyclic) bond motifs is 1. The number of carbonyl (C=O) groups is 1. The molecule has 0 radical (unpaired) electrons. The van der Waals surface area contributed by atoms with Gasteiger partial charge >= 0.3 is 0 Å². The SMILES string of the molecule is C[C@@H]1CCCC[C@H]1NC(=O)CSc1ncnc2ccccc12. The number of benzene rings is 1. The number of nitrogens with zero attached hydrogens (tertiary/aromatic N) is 2. The molecule has 0 aliphatic heterocycles. The summed E-state index contributed by atoms with van der Waals surface area (Å²) < 4.78 is 0. The largest absolute Gasteiger partial charge is 0.352 e. The van der Waals surface area contributed by atoms with Crippen LogP contribution < -0.4 is 5.32 Å². The van der Waals surface area contributed by atoms with Gasteiger partial charge in [-0.15, -0.1) is 0 Å². The van der Waals surface area contributed by atoms with Crippen LogP contribution in [0.2, 0.25) is 0 Å². The van der Waals surface area contributed by atoms with Crippen molar-refractivity contribution >= 4 is 28.6 Å². The number of hydrogen-bond donors (Lipinski definition) is 1. The molecule has 5 heteroatoms. The van der Waals surface area contributed by atoms with Crippen LogP contribution in [0.3, 0.4) is 0 Å². The van der Waals surface area contributed by atoms with Crippen LogP contribution in [-0.4, -0.2) is 27.7 Å². The molecular formula is C17H21N3OS. The van der Waals surface area contributed by atoms with E-state index in [1.165, 1.54) is 31.0 Å². The third-order valence-electron chi connectivity index (χ3n) is 4.30. The Morgan fingerprint density at radius 2 is 2.09 bits per heavy atom. The van der Waals surface area contributed by atoms with Crippen LogP contribution in [0.4, 0.5) is 0 Å². The minimum atomic E-state index is 0.103. The molecule has 1 saturated carbocycles. The van der Waals surface area contributed by atoms with Gasteiger partial charge in [0.25, 0.3) is 0 Å². The minimum Gasteiger partial charge on any atom is -0.352 e. The third-order valence-corrected chi connectivity index (χ3v) is 5.31. The van der Waals surface area contributed by atoms with Gasteiger partial charge in [0.1, 0.15) is 11.4 Å². The highest BCUT2D eigenvalue weighted by atomic mass is 32.2. The highest BCUT2D eigenvalue weighted by Crippen LogP contribution is 2.25. The standard InChI is InChI=1S/C17H21N3OS/c1-12-6-2-4-8-14(12)20-16(21)10-22-17-13-7-3-5-9-15(13)18-11-19-17/h3,5,7,9,11-12,14H,2,4,6,8,10H2,1H3,(H,20,21)/t12-,14-/m1/s1. The van der Waals surface area contributed by atoms with E-state index in [-0.39, 0.29) is 5.91 Å². The summed E-state index contributed by atoms with van der Waals surface area (Å²) in [6.07, 6.45) is 6.39. The van der Waals surface area contributed by atoms with Crippen LogP contribution in [0.25, 0.3) is 10.9 Å². The molecule has 1 heterocycles. The Morgan fingerprint density at radius 3 is 2.95 bits per heavy atom. The van der Waals surface area contributed by atoms with Gasteiger partial charge in [0, 0.05) is 11.4 Å². The van der Waals surface area contributed by atoms with E-state index in [0.717, 1.165) is 22.3 Å². The maximum atomic E-state index is 12.2. The van der Waals surface area contributed by atoms with Crippen LogP contribution in [0.5, 0.6) is 0 Å². The maximum Gasteiger partial charge on any atom is 0.230 e. The predicted molar refractivity (Wildman–Crippen MR) is 89.8 cm³/mol. The Bertz CT molecular complexity index is 656. The normalized spacial score (nSPS) is 21.7. The maximum absolute atomic E-state index is 12.2. The van der Waals surface area contributed by atoms with Crippen molar-refractivity contribution in [1.82, 2.24) is 15.3 Å². The summed E-state index contributed by atoms with van der Waals surface area (Å²) in [7, 11) is 0. The molecule has 1 fully saturated rings. The molecule has 22 heavy (non-hydrogen) atoms. The first-order valence-electron chi connectivity index (χ1n) is 7.86. The fraction of sp³-hybridized carbons (Fsp3) is 0.471. The van der Waals surface area contributed by atoms with Crippen LogP contribution >= 0.6 is 11.8 Å². The average Bonchev–Trinajstić information content (AvgIpc) is 2.55. The van der Waals surface area contributed by atoms with E-state index in [4.69, 9.17) is 0 Å². The second-order valence-corrected chi connectivity index (χ2v) is 6.88. The molecule has 0 spiro atoms. The van der Waals surface area contributed by atoms with Crippen LogP contribution in [0.15, 0.2) is 35.6 Å². The van der Waals surface area contributed by atoms with E-state index in [9.17, 15) is 4.79 Å². The average molecular weight is 315 g/mol. The summed E-state index contributed by atoms with van der Waals surface area (Å²) in [4.78, 5) is 20.8. The number of amides is 1. The molecule has 1 amide bonds. The van der Waals surface area contributed by atoms with Crippen molar-refractivity contribution < 1.29 is 4.79 Å². The number of carbonyl (C=O) groups excluding carboxylic acids is 1. The van der Waals surface area contributed by atoms with Gasteiger partial charge in [0.15, 0.2) is 0 Å². The number of thioether (sulfide) groups is 1. The molecule has 0 bridgehead atoms. The van der Waals surface area contributed by atoms with Crippen molar-refractivity contribution in [2.45, 2.75) is 43.7 Å². The van der Waals surface area contributed by atoms with E-state index >= 15 is 0 Å². The summed E-state index contributed by atoms with van der Waals surface area (Å²) in [5, 5.41) is 5.06. The number of rotatable bonds is 4. The molecule has 0 unspecified atom stereocenters. The summed E-state index contributed by atoms with van der Waals surface area (Å²) in [5.41, 5.74) is 0.918. The summed E-state index contributed by atoms with van der Waals surface area (Å²) >= 11 is 1.48. The number of aromatic nitrogens is 2. The molecule has 2 aromatic rings. The lowest BCUT2D eigenvalue weighted by atomic mass is 9.86. The van der Waals surface area contributed by atoms with E-state index in [0.29, 0.717) is 17.7 Å². The molecule has 116 valence electrons. The van der Waals surface area contributed by atoms with Crippen LogP contribution in [0.1, 0.15) is 32.6 Å². The fourth-order valence-electron chi connectivity index (χ4n) is 3.01. The van der Waals surface area contributed by atoms with E-state index in [2.05, 4.69) is 22.2 Å². The highest BCUT2D eigenvalue weighted by molar-refractivity contribution is 8.00. The van der Waals surface area contributed by atoms with Crippen molar-refractivity contribution in [2.24, 2.45) is 5.92 Å². The molecule has 1 aromatic heterocycles. The third kappa shape index (κ3) is 3.58. The quantitative estimate of drug-likeness (QED) is 0.694. The lowest BCUT2D eigenvalue weighted by Gasteiger charge is -2.29. The van der Waals surface area contributed by atoms with E-state index in [1.54, 1.807) is 6.33 Å². The zero-order valence-electron chi connectivity index (χ0n) is 12.8. The fourth-order valence-corrected chi connectivity index (χ4v) is 3.81. The Kier molecular flexibility index (Phi) is 4.93. The summed E-state index contributed by atoms with van der Waals surface area (Å²) in [5.74, 6) is 1.10. The monoisotopic (exact) mass is 315 g/mol. The molecule has 2 atom stereocenters. The van der Waals surface area contributed by atoms with Gasteiger partial charge < -0.3 is 5.32 Å². The molecular weight excluding hydrogens is 294 g/mol. The highest BCUT2D eigenvalue weighted by Gasteiger charge is 2.22. The topological polar surface area (TPSA) is 54.9 Å². The molecule has 3 rings (SSSR count).